The summed E-state index contributed by atoms with van der Waals surface area (Å²) in [5, 5.41) is 30.5. The normalized spacial score (nSPS) is 14.6. The minimum Gasteiger partial charge on any atom is -0.391 e. The molecule has 0 amide bonds. The van der Waals surface area contributed by atoms with Crippen LogP contribution in [0.15, 0.2) is 11.4 Å². The van der Waals surface area contributed by atoms with E-state index < -0.39 is 12.2 Å². The molecule has 0 aliphatic carbocycles. The summed E-state index contributed by atoms with van der Waals surface area (Å²) in [6.07, 6.45) is -1.58. The first-order valence-electron chi connectivity index (χ1n) is 5.23. The zero-order valence-corrected chi connectivity index (χ0v) is 11.1. The Labute approximate surface area is 108 Å². The van der Waals surface area contributed by atoms with Gasteiger partial charge in [-0.3, -0.25) is 4.79 Å². The monoisotopic (exact) mass is 276 g/mol. The number of hydrogen-bond acceptors (Lipinski definition) is 6. The van der Waals surface area contributed by atoms with E-state index in [0.29, 0.717) is 22.6 Å². The Hall–Kier alpha value is -0.400. The van der Waals surface area contributed by atoms with E-state index in [0.717, 1.165) is 11.8 Å². The SMILES string of the molecule is CC(=O)SCCC(O)C(O)c1ccsc1CO. The van der Waals surface area contributed by atoms with Crippen LogP contribution < -0.4 is 0 Å². The molecule has 0 saturated carbocycles. The maximum atomic E-state index is 10.7. The second-order valence-corrected chi connectivity index (χ2v) is 5.87. The fraction of sp³-hybridized carbons (Fsp3) is 0.545. The maximum Gasteiger partial charge on any atom is 0.185 e. The van der Waals surface area contributed by atoms with E-state index in [2.05, 4.69) is 0 Å². The Kier molecular flexibility index (Phi) is 6.15. The van der Waals surface area contributed by atoms with Crippen molar-refractivity contribution in [3.05, 3.63) is 21.9 Å². The van der Waals surface area contributed by atoms with Crippen LogP contribution in [0.1, 0.15) is 29.9 Å². The van der Waals surface area contributed by atoms with Crippen molar-refractivity contribution in [2.75, 3.05) is 5.75 Å². The molecule has 0 saturated heterocycles. The van der Waals surface area contributed by atoms with Crippen LogP contribution in [-0.2, 0) is 11.4 Å². The third-order valence-corrected chi connectivity index (χ3v) is 4.09. The Morgan fingerprint density at radius 3 is 2.82 bits per heavy atom. The molecule has 1 aromatic rings. The van der Waals surface area contributed by atoms with Crippen molar-refractivity contribution in [3.63, 3.8) is 0 Å². The van der Waals surface area contributed by atoms with Crippen LogP contribution in [0.3, 0.4) is 0 Å². The van der Waals surface area contributed by atoms with Gasteiger partial charge in [0.05, 0.1) is 12.7 Å². The molecule has 0 radical (unpaired) electrons. The molecule has 6 heteroatoms. The fourth-order valence-corrected chi connectivity index (χ4v) is 2.86. The number of thiophene rings is 1. The largest absolute Gasteiger partial charge is 0.391 e. The zero-order chi connectivity index (χ0) is 12.8. The number of carbonyl (C=O) groups excluding carboxylic acids is 1. The van der Waals surface area contributed by atoms with E-state index in [-0.39, 0.29) is 11.7 Å². The molecule has 1 heterocycles. The second-order valence-electron chi connectivity index (χ2n) is 3.60. The van der Waals surface area contributed by atoms with Gasteiger partial charge in [0.15, 0.2) is 5.12 Å². The summed E-state index contributed by atoms with van der Waals surface area (Å²) in [7, 11) is 0. The van der Waals surface area contributed by atoms with Crippen LogP contribution in [0.4, 0.5) is 0 Å². The smallest absolute Gasteiger partial charge is 0.185 e. The standard InChI is InChI=1S/C11H16O4S2/c1-7(13)16-5-3-9(14)11(15)8-2-4-17-10(8)6-12/h2,4,9,11-12,14-15H,3,5-6H2,1H3. The van der Waals surface area contributed by atoms with Crippen LogP contribution in [0.25, 0.3) is 0 Å². The number of rotatable bonds is 6. The van der Waals surface area contributed by atoms with Gasteiger partial charge in [-0.15, -0.1) is 11.3 Å². The highest BCUT2D eigenvalue weighted by Crippen LogP contribution is 2.27. The predicted octanol–water partition coefficient (Wildman–Crippen LogP) is 1.30. The summed E-state index contributed by atoms with van der Waals surface area (Å²) in [4.78, 5) is 11.4. The average Bonchev–Trinajstić information content (AvgIpc) is 2.75. The summed E-state index contributed by atoms with van der Waals surface area (Å²) < 4.78 is 0. The molecule has 0 fully saturated rings. The molecule has 1 aromatic heterocycles. The fourth-order valence-electron chi connectivity index (χ4n) is 1.43. The van der Waals surface area contributed by atoms with Gasteiger partial charge in [0.1, 0.15) is 6.10 Å². The Morgan fingerprint density at radius 1 is 1.53 bits per heavy atom. The predicted molar refractivity (Wildman–Crippen MR) is 69.0 cm³/mol. The van der Waals surface area contributed by atoms with Crippen molar-refractivity contribution >= 4 is 28.2 Å². The quantitative estimate of drug-likeness (QED) is 0.730. The van der Waals surface area contributed by atoms with Gasteiger partial charge in [0, 0.05) is 17.6 Å². The van der Waals surface area contributed by atoms with Gasteiger partial charge < -0.3 is 15.3 Å². The van der Waals surface area contributed by atoms with Gasteiger partial charge in [-0.1, -0.05) is 11.8 Å². The first-order valence-corrected chi connectivity index (χ1v) is 7.09. The van der Waals surface area contributed by atoms with Gasteiger partial charge in [-0.05, 0) is 23.4 Å². The van der Waals surface area contributed by atoms with Crippen LogP contribution in [0.5, 0.6) is 0 Å². The molecular formula is C11H16O4S2. The maximum absolute atomic E-state index is 10.7. The van der Waals surface area contributed by atoms with Crippen molar-refractivity contribution in [1.82, 2.24) is 0 Å². The molecule has 2 unspecified atom stereocenters. The molecule has 3 N–H and O–H groups in total. The van der Waals surface area contributed by atoms with E-state index in [1.807, 2.05) is 0 Å². The minimum absolute atomic E-state index is 0.00160. The summed E-state index contributed by atoms with van der Waals surface area (Å²) in [5.41, 5.74) is 0.567. The van der Waals surface area contributed by atoms with Crippen molar-refractivity contribution in [3.8, 4) is 0 Å². The highest BCUT2D eigenvalue weighted by atomic mass is 32.2. The van der Waals surface area contributed by atoms with Crippen molar-refractivity contribution < 1.29 is 20.1 Å². The molecule has 0 aliphatic rings. The zero-order valence-electron chi connectivity index (χ0n) is 9.50. The highest BCUT2D eigenvalue weighted by Gasteiger charge is 2.21. The lowest BCUT2D eigenvalue weighted by atomic mass is 10.0. The molecule has 1 rings (SSSR count). The van der Waals surface area contributed by atoms with Gasteiger partial charge in [0.2, 0.25) is 0 Å². The van der Waals surface area contributed by atoms with Crippen molar-refractivity contribution in [2.24, 2.45) is 0 Å². The first-order chi connectivity index (χ1) is 8.06. The molecule has 0 spiro atoms. The number of hydrogen-bond donors (Lipinski definition) is 3. The van der Waals surface area contributed by atoms with Crippen molar-refractivity contribution in [1.29, 1.82) is 0 Å². The van der Waals surface area contributed by atoms with E-state index in [9.17, 15) is 15.0 Å². The molecule has 0 bridgehead atoms. The number of aliphatic hydroxyl groups excluding tert-OH is 3. The summed E-state index contributed by atoms with van der Waals surface area (Å²) in [5.74, 6) is 0.478. The van der Waals surface area contributed by atoms with Crippen LogP contribution in [0, 0.1) is 0 Å². The third kappa shape index (κ3) is 4.40. The average molecular weight is 276 g/mol. The topological polar surface area (TPSA) is 77.8 Å². The minimum atomic E-state index is -1.00. The number of thioether (sulfide) groups is 1. The molecule has 0 aromatic carbocycles. The first kappa shape index (κ1) is 14.7. The van der Waals surface area contributed by atoms with Gasteiger partial charge in [0.25, 0.3) is 0 Å². The molecule has 17 heavy (non-hydrogen) atoms. The van der Waals surface area contributed by atoms with Crippen LogP contribution >= 0.6 is 23.1 Å². The number of aliphatic hydroxyl groups is 3. The lowest BCUT2D eigenvalue weighted by molar-refractivity contribution is -0.109. The number of carbonyl (C=O) groups is 1. The Morgan fingerprint density at radius 2 is 2.24 bits per heavy atom. The van der Waals surface area contributed by atoms with Gasteiger partial charge in [-0.2, -0.15) is 0 Å². The summed E-state index contributed by atoms with van der Waals surface area (Å²) in [6.45, 7) is 1.33. The third-order valence-electron chi connectivity index (χ3n) is 2.33. The molecule has 0 aliphatic heterocycles. The molecular weight excluding hydrogens is 260 g/mol. The molecule has 2 atom stereocenters. The lowest BCUT2D eigenvalue weighted by Gasteiger charge is -2.17. The van der Waals surface area contributed by atoms with Gasteiger partial charge >= 0.3 is 0 Å². The van der Waals surface area contributed by atoms with E-state index in [1.165, 1.54) is 18.3 Å². The van der Waals surface area contributed by atoms with Crippen LogP contribution in [0.2, 0.25) is 0 Å². The summed E-state index contributed by atoms with van der Waals surface area (Å²) in [6, 6.07) is 1.70. The van der Waals surface area contributed by atoms with E-state index in [4.69, 9.17) is 5.11 Å². The van der Waals surface area contributed by atoms with E-state index >= 15 is 0 Å². The van der Waals surface area contributed by atoms with Crippen molar-refractivity contribution in [2.45, 2.75) is 32.2 Å². The van der Waals surface area contributed by atoms with Crippen LogP contribution in [-0.4, -0.2) is 32.3 Å². The van der Waals surface area contributed by atoms with E-state index in [1.54, 1.807) is 11.4 Å². The Bertz CT molecular complexity index is 364. The van der Waals surface area contributed by atoms with Gasteiger partial charge in [-0.25, -0.2) is 0 Å². The molecule has 4 nitrogen and oxygen atoms in total. The second kappa shape index (κ2) is 7.13. The highest BCUT2D eigenvalue weighted by molar-refractivity contribution is 8.13. The lowest BCUT2D eigenvalue weighted by Crippen LogP contribution is -2.19. The summed E-state index contributed by atoms with van der Waals surface area (Å²) >= 11 is 2.47. The Balaban J connectivity index is 2.51. The molecule has 96 valence electrons.